The number of hydrogen-bond donors (Lipinski definition) is 0. The zero-order valence-corrected chi connectivity index (χ0v) is 9.07. The van der Waals surface area contributed by atoms with Gasteiger partial charge in [0.1, 0.15) is 0 Å². The Hall–Kier alpha value is -0.580. The average Bonchev–Trinajstić information content (AvgIpc) is 2.06. The molecule has 0 aliphatic carbocycles. The van der Waals surface area contributed by atoms with Crippen LogP contribution in [-0.4, -0.2) is 32.2 Å². The highest BCUT2D eigenvalue weighted by Gasteiger charge is 2.28. The van der Waals surface area contributed by atoms with Gasteiger partial charge in [0.25, 0.3) is 0 Å². The minimum Gasteiger partial charge on any atom is -0.360 e. The van der Waals surface area contributed by atoms with E-state index in [1.807, 2.05) is 0 Å². The Morgan fingerprint density at radius 2 is 1.54 bits per heavy atom. The summed E-state index contributed by atoms with van der Waals surface area (Å²) in [6, 6.07) is 0. The van der Waals surface area contributed by atoms with Crippen molar-refractivity contribution in [3.8, 4) is 0 Å². The highest BCUT2D eigenvalue weighted by Crippen LogP contribution is 2.08. The summed E-state index contributed by atoms with van der Waals surface area (Å²) in [5, 5.41) is -0.952. The van der Waals surface area contributed by atoms with E-state index in [1.165, 1.54) is 0 Å². The standard InChI is InChI=1S/C7H10N2O2S2/c1-3-12-6(10)5(9-8)7(11)13-4-2/h3-4H2,1-2H3. The van der Waals surface area contributed by atoms with Crippen LogP contribution in [0.1, 0.15) is 13.8 Å². The van der Waals surface area contributed by atoms with Crippen molar-refractivity contribution in [1.29, 1.82) is 0 Å². The number of thioether (sulfide) groups is 2. The molecule has 72 valence electrons. The van der Waals surface area contributed by atoms with Crippen LogP contribution in [0.4, 0.5) is 0 Å². The Kier molecular flexibility index (Phi) is 6.58. The Labute approximate surface area is 85.1 Å². The molecule has 0 aromatic rings. The molecular weight excluding hydrogens is 208 g/mol. The molecule has 0 spiro atoms. The van der Waals surface area contributed by atoms with Crippen molar-refractivity contribution in [2.45, 2.75) is 13.8 Å². The summed E-state index contributed by atoms with van der Waals surface area (Å²) in [4.78, 5) is 25.0. The first-order valence-corrected chi connectivity index (χ1v) is 5.70. The van der Waals surface area contributed by atoms with Crippen molar-refractivity contribution in [2.75, 3.05) is 11.5 Å². The molecule has 0 bridgehead atoms. The monoisotopic (exact) mass is 218 g/mol. The summed E-state index contributed by atoms with van der Waals surface area (Å²) in [5.41, 5.74) is 8.06. The van der Waals surface area contributed by atoms with Gasteiger partial charge in [0, 0.05) is 0 Å². The summed E-state index contributed by atoms with van der Waals surface area (Å²) in [7, 11) is 0. The number of carbonyl (C=O) groups is 2. The van der Waals surface area contributed by atoms with Crippen molar-refractivity contribution in [1.82, 2.24) is 0 Å². The van der Waals surface area contributed by atoms with Crippen LogP contribution in [0.2, 0.25) is 0 Å². The lowest BCUT2D eigenvalue weighted by molar-refractivity contribution is -0.115. The third kappa shape index (κ3) is 4.26. The Morgan fingerprint density at radius 1 is 1.15 bits per heavy atom. The van der Waals surface area contributed by atoms with Crippen molar-refractivity contribution in [3.05, 3.63) is 5.53 Å². The van der Waals surface area contributed by atoms with E-state index in [9.17, 15) is 9.59 Å². The van der Waals surface area contributed by atoms with E-state index >= 15 is 0 Å². The minimum atomic E-state index is -0.476. The normalized spacial score (nSPS) is 9.08. The molecule has 0 aromatic heterocycles. The predicted molar refractivity (Wildman–Crippen MR) is 54.9 cm³/mol. The van der Waals surface area contributed by atoms with Gasteiger partial charge in [-0.2, -0.15) is 4.79 Å². The first-order valence-electron chi connectivity index (χ1n) is 3.73. The molecular formula is C7H10N2O2S2. The third-order valence-corrected chi connectivity index (χ3v) is 2.53. The molecule has 4 nitrogen and oxygen atoms in total. The quantitative estimate of drug-likeness (QED) is 0.308. The van der Waals surface area contributed by atoms with Crippen molar-refractivity contribution in [3.63, 3.8) is 0 Å². The second-order valence-corrected chi connectivity index (χ2v) is 4.36. The summed E-state index contributed by atoms with van der Waals surface area (Å²) < 4.78 is 0. The van der Waals surface area contributed by atoms with E-state index in [-0.39, 0.29) is 5.71 Å². The molecule has 0 saturated carbocycles. The van der Waals surface area contributed by atoms with Crippen LogP contribution in [0.3, 0.4) is 0 Å². The molecule has 0 rings (SSSR count). The molecule has 13 heavy (non-hydrogen) atoms. The van der Waals surface area contributed by atoms with Crippen LogP contribution in [0.15, 0.2) is 0 Å². The van der Waals surface area contributed by atoms with Gasteiger partial charge in [0.2, 0.25) is 0 Å². The van der Waals surface area contributed by atoms with Gasteiger partial charge in [0.05, 0.1) is 0 Å². The van der Waals surface area contributed by atoms with Gasteiger partial charge in [-0.1, -0.05) is 37.4 Å². The van der Waals surface area contributed by atoms with Gasteiger partial charge in [0.15, 0.2) is 0 Å². The van der Waals surface area contributed by atoms with Crippen molar-refractivity contribution < 1.29 is 14.4 Å². The summed E-state index contributed by atoms with van der Waals surface area (Å²) >= 11 is 1.91. The molecule has 0 amide bonds. The lowest BCUT2D eigenvalue weighted by atomic mass is 10.5. The molecule has 0 unspecified atom stereocenters. The van der Waals surface area contributed by atoms with Gasteiger partial charge in [-0.15, -0.1) is 0 Å². The molecule has 0 N–H and O–H groups in total. The minimum absolute atomic E-state index is 0.376. The Balaban J connectivity index is 4.44. The average molecular weight is 218 g/mol. The lowest BCUT2D eigenvalue weighted by Gasteiger charge is -1.91. The first-order chi connectivity index (χ1) is 6.17. The molecule has 0 radical (unpaired) electrons. The highest BCUT2D eigenvalue weighted by molar-refractivity contribution is 8.19. The fourth-order valence-corrected chi connectivity index (χ4v) is 1.69. The number of rotatable bonds is 4. The summed E-state index contributed by atoms with van der Waals surface area (Å²) in [5.74, 6) is 1.11. The van der Waals surface area contributed by atoms with Gasteiger partial charge < -0.3 is 5.53 Å². The summed E-state index contributed by atoms with van der Waals surface area (Å²) in [6.07, 6.45) is 0. The van der Waals surface area contributed by atoms with E-state index in [4.69, 9.17) is 5.53 Å². The van der Waals surface area contributed by atoms with Crippen molar-refractivity contribution in [2.24, 2.45) is 0 Å². The van der Waals surface area contributed by atoms with Gasteiger partial charge >= 0.3 is 15.9 Å². The maximum atomic E-state index is 11.1. The topological polar surface area (TPSA) is 70.5 Å². The van der Waals surface area contributed by atoms with E-state index in [2.05, 4.69) is 4.79 Å². The molecule has 0 atom stereocenters. The SMILES string of the molecule is CCSC(=O)C(=[N+]=[N-])C(=O)SCC. The molecule has 0 aliphatic rings. The molecule has 6 heteroatoms. The van der Waals surface area contributed by atoms with Crippen LogP contribution >= 0.6 is 23.5 Å². The maximum absolute atomic E-state index is 11.1. The zero-order valence-electron chi connectivity index (χ0n) is 7.44. The van der Waals surface area contributed by atoms with Crippen LogP contribution in [0.5, 0.6) is 0 Å². The number of hydrogen-bond acceptors (Lipinski definition) is 4. The van der Waals surface area contributed by atoms with E-state index in [0.29, 0.717) is 11.5 Å². The lowest BCUT2D eigenvalue weighted by Crippen LogP contribution is -2.20. The smallest absolute Gasteiger partial charge is 0.360 e. The molecule has 0 heterocycles. The molecule has 0 aromatic carbocycles. The fraction of sp³-hybridized carbons (Fsp3) is 0.571. The van der Waals surface area contributed by atoms with E-state index in [1.54, 1.807) is 13.8 Å². The van der Waals surface area contributed by atoms with E-state index in [0.717, 1.165) is 23.5 Å². The maximum Gasteiger partial charge on any atom is 0.422 e. The first kappa shape index (κ1) is 12.4. The highest BCUT2D eigenvalue weighted by atomic mass is 32.2. The summed E-state index contributed by atoms with van der Waals surface area (Å²) in [6.45, 7) is 3.57. The van der Waals surface area contributed by atoms with Crippen LogP contribution in [0.25, 0.3) is 5.53 Å². The van der Waals surface area contributed by atoms with Gasteiger partial charge in [-0.25, -0.2) is 0 Å². The number of nitrogens with zero attached hydrogens (tertiary/aromatic N) is 2. The molecule has 0 aliphatic heterocycles. The largest absolute Gasteiger partial charge is 0.422 e. The third-order valence-electron chi connectivity index (χ3n) is 1.04. The van der Waals surface area contributed by atoms with Crippen LogP contribution in [-0.2, 0) is 9.59 Å². The van der Waals surface area contributed by atoms with Crippen molar-refractivity contribution >= 4 is 39.5 Å². The van der Waals surface area contributed by atoms with Crippen LogP contribution in [0, 0.1) is 0 Å². The Bertz CT molecular complexity index is 239. The fourth-order valence-electron chi connectivity index (χ4n) is 0.564. The Morgan fingerprint density at radius 3 is 1.77 bits per heavy atom. The van der Waals surface area contributed by atoms with E-state index < -0.39 is 10.2 Å². The second kappa shape index (κ2) is 6.88. The van der Waals surface area contributed by atoms with Crippen LogP contribution < -0.4 is 0 Å². The van der Waals surface area contributed by atoms with Gasteiger partial charge in [-0.3, -0.25) is 9.59 Å². The molecule has 0 fully saturated rings. The van der Waals surface area contributed by atoms with Gasteiger partial charge in [-0.05, 0) is 11.5 Å². The second-order valence-electron chi connectivity index (χ2n) is 1.89. The predicted octanol–water partition coefficient (Wildman–Crippen LogP) is 1.22. The number of carbonyl (C=O) groups excluding carboxylic acids is 2. The zero-order chi connectivity index (χ0) is 10.3. The molecule has 0 saturated heterocycles.